The molecule has 0 N–H and O–H groups in total. The Morgan fingerprint density at radius 2 is 1.92 bits per heavy atom. The van der Waals surface area contributed by atoms with Crippen molar-refractivity contribution in [2.24, 2.45) is 0 Å². The van der Waals surface area contributed by atoms with E-state index in [1.165, 1.54) is 0 Å². The van der Waals surface area contributed by atoms with E-state index in [1.54, 1.807) is 11.3 Å². The van der Waals surface area contributed by atoms with Crippen LogP contribution in [0.3, 0.4) is 0 Å². The van der Waals surface area contributed by atoms with E-state index in [4.69, 9.17) is 14.0 Å². The van der Waals surface area contributed by atoms with Crippen LogP contribution in [0, 0.1) is 20.8 Å². The molecule has 0 bridgehead atoms. The third kappa shape index (κ3) is 4.70. The number of esters is 1. The molecule has 2 aromatic heterocycles. The van der Waals surface area contributed by atoms with Gasteiger partial charge in [-0.05, 0) is 38.5 Å². The number of thiazole rings is 1. The Morgan fingerprint density at radius 3 is 2.54 bits per heavy atom. The number of ether oxygens (including phenoxy) is 2. The summed E-state index contributed by atoms with van der Waals surface area (Å²) >= 11 is 1.54. The Labute approximate surface area is 155 Å². The molecule has 6 nitrogen and oxygen atoms in total. The van der Waals surface area contributed by atoms with Crippen molar-refractivity contribution in [1.29, 1.82) is 0 Å². The van der Waals surface area contributed by atoms with Crippen LogP contribution in [0.25, 0.3) is 0 Å². The summed E-state index contributed by atoms with van der Waals surface area (Å²) in [7, 11) is 0. The smallest absolute Gasteiger partial charge is 0.310 e. The van der Waals surface area contributed by atoms with Crippen LogP contribution in [0.1, 0.15) is 33.3 Å². The van der Waals surface area contributed by atoms with Crippen molar-refractivity contribution in [3.05, 3.63) is 62.9 Å². The van der Waals surface area contributed by atoms with E-state index in [0.29, 0.717) is 6.61 Å². The molecule has 0 saturated carbocycles. The lowest BCUT2D eigenvalue weighted by Gasteiger charge is -2.07. The minimum atomic E-state index is -0.278. The Kier molecular flexibility index (Phi) is 5.68. The molecule has 0 atom stereocenters. The summed E-state index contributed by atoms with van der Waals surface area (Å²) in [5, 5.41) is 6.76. The number of carbonyl (C=O) groups is 1. The molecule has 136 valence electrons. The first-order chi connectivity index (χ1) is 12.5. The Bertz CT molecular complexity index is 864. The molecule has 7 heteroatoms. The molecule has 0 aliphatic rings. The van der Waals surface area contributed by atoms with Gasteiger partial charge in [-0.15, -0.1) is 11.3 Å². The third-order valence-electron chi connectivity index (χ3n) is 3.88. The lowest BCUT2D eigenvalue weighted by molar-refractivity contribution is -0.144. The Balaban J connectivity index is 1.48. The molecule has 1 aromatic carbocycles. The highest BCUT2D eigenvalue weighted by Crippen LogP contribution is 2.18. The summed E-state index contributed by atoms with van der Waals surface area (Å²) in [6.07, 6.45) is 0.216. The Morgan fingerprint density at radius 1 is 1.15 bits per heavy atom. The molecule has 0 spiro atoms. The number of carbonyl (C=O) groups excluding carboxylic acids is 1. The fourth-order valence-corrected chi connectivity index (χ4v) is 3.01. The molecule has 2 heterocycles. The molecule has 0 saturated heterocycles. The van der Waals surface area contributed by atoms with E-state index in [9.17, 15) is 4.79 Å². The first-order valence-electron chi connectivity index (χ1n) is 8.21. The van der Waals surface area contributed by atoms with Gasteiger partial charge < -0.3 is 14.0 Å². The quantitative estimate of drug-likeness (QED) is 0.585. The number of benzene rings is 1. The van der Waals surface area contributed by atoms with E-state index < -0.39 is 0 Å². The van der Waals surface area contributed by atoms with Crippen molar-refractivity contribution in [2.45, 2.75) is 40.4 Å². The van der Waals surface area contributed by atoms with Crippen LogP contribution in [0.4, 0.5) is 0 Å². The second-order valence-electron chi connectivity index (χ2n) is 5.93. The molecular formula is C19H20N2O4S. The molecule has 26 heavy (non-hydrogen) atoms. The minimum absolute atomic E-state index is 0.210. The summed E-state index contributed by atoms with van der Waals surface area (Å²) < 4.78 is 16.1. The minimum Gasteiger partial charge on any atom is -0.489 e. The second-order valence-corrected chi connectivity index (χ2v) is 6.99. The van der Waals surface area contributed by atoms with Crippen molar-refractivity contribution < 1.29 is 18.8 Å². The van der Waals surface area contributed by atoms with Gasteiger partial charge in [-0.25, -0.2) is 4.98 Å². The molecule has 0 aliphatic heterocycles. The first-order valence-corrected chi connectivity index (χ1v) is 9.09. The van der Waals surface area contributed by atoms with Gasteiger partial charge >= 0.3 is 5.97 Å². The highest BCUT2D eigenvalue weighted by molar-refractivity contribution is 7.09. The van der Waals surface area contributed by atoms with Crippen LogP contribution >= 0.6 is 11.3 Å². The van der Waals surface area contributed by atoms with Gasteiger partial charge in [0.2, 0.25) is 0 Å². The summed E-state index contributed by atoms with van der Waals surface area (Å²) in [4.78, 5) is 16.2. The lowest BCUT2D eigenvalue weighted by Crippen LogP contribution is -2.08. The van der Waals surface area contributed by atoms with E-state index in [-0.39, 0.29) is 19.0 Å². The molecule has 0 radical (unpaired) electrons. The van der Waals surface area contributed by atoms with E-state index >= 15 is 0 Å². The van der Waals surface area contributed by atoms with Gasteiger partial charge in [0, 0.05) is 5.38 Å². The topological polar surface area (TPSA) is 74.5 Å². The SMILES string of the molecule is Cc1nc(COC(=O)Cc2ccc(OCc3c(C)noc3C)cc2)cs1. The van der Waals surface area contributed by atoms with Gasteiger partial charge in [0.1, 0.15) is 24.7 Å². The summed E-state index contributed by atoms with van der Waals surface area (Å²) in [5.74, 6) is 1.21. The van der Waals surface area contributed by atoms with Gasteiger partial charge in [0.15, 0.2) is 0 Å². The molecule has 0 amide bonds. The maximum Gasteiger partial charge on any atom is 0.310 e. The highest BCUT2D eigenvalue weighted by atomic mass is 32.1. The molecule has 0 fully saturated rings. The van der Waals surface area contributed by atoms with Gasteiger partial charge in [-0.1, -0.05) is 17.3 Å². The van der Waals surface area contributed by atoms with E-state index in [1.807, 2.05) is 50.4 Å². The third-order valence-corrected chi connectivity index (χ3v) is 4.71. The molecule has 3 aromatic rings. The van der Waals surface area contributed by atoms with Crippen molar-refractivity contribution in [3.8, 4) is 5.75 Å². The number of hydrogen-bond acceptors (Lipinski definition) is 7. The molecule has 3 rings (SSSR count). The Hall–Kier alpha value is -2.67. The molecule has 0 aliphatic carbocycles. The average Bonchev–Trinajstić information content (AvgIpc) is 3.18. The normalized spacial score (nSPS) is 10.7. The zero-order chi connectivity index (χ0) is 18.5. The first kappa shape index (κ1) is 18.1. The second kappa shape index (κ2) is 8.14. The van der Waals surface area contributed by atoms with Crippen molar-refractivity contribution >= 4 is 17.3 Å². The zero-order valence-electron chi connectivity index (χ0n) is 14.9. The lowest BCUT2D eigenvalue weighted by atomic mass is 10.1. The molecular weight excluding hydrogens is 352 g/mol. The van der Waals surface area contributed by atoms with Crippen LogP contribution in [-0.2, 0) is 29.2 Å². The zero-order valence-corrected chi connectivity index (χ0v) is 15.8. The largest absolute Gasteiger partial charge is 0.489 e. The number of nitrogens with zero attached hydrogens (tertiary/aromatic N) is 2. The predicted molar refractivity (Wildman–Crippen MR) is 97.1 cm³/mol. The molecule has 0 unspecified atom stereocenters. The van der Waals surface area contributed by atoms with Crippen LogP contribution in [-0.4, -0.2) is 16.1 Å². The van der Waals surface area contributed by atoms with Gasteiger partial charge in [-0.2, -0.15) is 0 Å². The van der Waals surface area contributed by atoms with Crippen molar-refractivity contribution in [3.63, 3.8) is 0 Å². The van der Waals surface area contributed by atoms with Crippen LogP contribution in [0.15, 0.2) is 34.2 Å². The average molecular weight is 372 g/mol. The van der Waals surface area contributed by atoms with Crippen molar-refractivity contribution in [2.75, 3.05) is 0 Å². The van der Waals surface area contributed by atoms with Gasteiger partial charge in [0.25, 0.3) is 0 Å². The maximum absolute atomic E-state index is 11.9. The number of rotatable bonds is 7. The summed E-state index contributed by atoms with van der Waals surface area (Å²) in [6, 6.07) is 7.39. The number of aromatic nitrogens is 2. The summed E-state index contributed by atoms with van der Waals surface area (Å²) in [6.45, 7) is 6.28. The predicted octanol–water partition coefficient (Wildman–Crippen LogP) is 3.92. The van der Waals surface area contributed by atoms with E-state index in [2.05, 4.69) is 10.1 Å². The van der Waals surface area contributed by atoms with Gasteiger partial charge in [0.05, 0.1) is 28.4 Å². The highest BCUT2D eigenvalue weighted by Gasteiger charge is 2.10. The monoisotopic (exact) mass is 372 g/mol. The fraction of sp³-hybridized carbons (Fsp3) is 0.316. The van der Waals surface area contributed by atoms with Gasteiger partial charge in [-0.3, -0.25) is 4.79 Å². The fourth-order valence-electron chi connectivity index (χ4n) is 2.41. The van der Waals surface area contributed by atoms with Crippen molar-refractivity contribution in [1.82, 2.24) is 10.1 Å². The van der Waals surface area contributed by atoms with Crippen LogP contribution < -0.4 is 4.74 Å². The van der Waals surface area contributed by atoms with E-state index in [0.717, 1.165) is 39.0 Å². The number of hydrogen-bond donors (Lipinski definition) is 0. The standard InChI is InChI=1S/C19H20N2O4S/c1-12-18(13(2)25-21-12)10-23-17-6-4-15(5-7-17)8-19(22)24-9-16-11-26-14(3)20-16/h4-7,11H,8-10H2,1-3H3. The number of aryl methyl sites for hydroxylation is 3. The summed E-state index contributed by atoms with van der Waals surface area (Å²) in [5.41, 5.74) is 3.44. The van der Waals surface area contributed by atoms with Crippen LogP contribution in [0.2, 0.25) is 0 Å². The van der Waals surface area contributed by atoms with Crippen LogP contribution in [0.5, 0.6) is 5.75 Å². The maximum atomic E-state index is 11.9.